The highest BCUT2D eigenvalue weighted by Crippen LogP contribution is 2.25. The molecule has 0 aromatic heterocycles. The summed E-state index contributed by atoms with van der Waals surface area (Å²) in [6.45, 7) is 5.07. The molecule has 0 radical (unpaired) electrons. The highest BCUT2D eigenvalue weighted by atomic mass is 16.5. The zero-order valence-corrected chi connectivity index (χ0v) is 16.1. The summed E-state index contributed by atoms with van der Waals surface area (Å²) in [4.78, 5) is 12.4. The van der Waals surface area contributed by atoms with E-state index in [4.69, 9.17) is 9.47 Å². The molecule has 2 unspecified atom stereocenters. The minimum absolute atomic E-state index is 0.0267. The lowest BCUT2D eigenvalue weighted by Gasteiger charge is -2.11. The highest BCUT2D eigenvalue weighted by Gasteiger charge is 2.30. The predicted octanol–water partition coefficient (Wildman–Crippen LogP) is 2.54. The molecule has 7 nitrogen and oxygen atoms in total. The van der Waals surface area contributed by atoms with Crippen LogP contribution in [0.25, 0.3) is 0 Å². The molecule has 3 N–H and O–H groups in total. The van der Waals surface area contributed by atoms with Crippen molar-refractivity contribution in [3.8, 4) is 11.5 Å². The quantitative estimate of drug-likeness (QED) is 0.483. The average molecular weight is 382 g/mol. The summed E-state index contributed by atoms with van der Waals surface area (Å²) in [6.07, 6.45) is 2.21. The summed E-state index contributed by atoms with van der Waals surface area (Å²) in [5.74, 6) is 1.37. The minimum atomic E-state index is -0.375. The van der Waals surface area contributed by atoms with Crippen LogP contribution in [0.5, 0.6) is 11.5 Å². The number of hydrazine groups is 1. The number of benzene rings is 2. The molecule has 0 saturated carbocycles. The van der Waals surface area contributed by atoms with E-state index in [0.29, 0.717) is 19.6 Å². The van der Waals surface area contributed by atoms with E-state index in [0.717, 1.165) is 22.6 Å². The first-order valence-electron chi connectivity index (χ1n) is 9.49. The molecule has 0 bridgehead atoms. The van der Waals surface area contributed by atoms with Crippen LogP contribution in [0.2, 0.25) is 0 Å². The number of nitrogens with one attached hydrogen (secondary N) is 3. The molecule has 0 aliphatic carbocycles. The Bertz CT molecular complexity index is 825. The van der Waals surface area contributed by atoms with Gasteiger partial charge < -0.3 is 9.47 Å². The zero-order chi connectivity index (χ0) is 19.8. The molecule has 7 heteroatoms. The second-order valence-corrected chi connectivity index (χ2v) is 6.34. The van der Waals surface area contributed by atoms with E-state index in [9.17, 15) is 4.79 Å². The van der Waals surface area contributed by atoms with Crippen LogP contribution < -0.4 is 25.8 Å². The van der Waals surface area contributed by atoms with Crippen LogP contribution in [0.15, 0.2) is 53.6 Å². The van der Waals surface area contributed by atoms with E-state index in [-0.39, 0.29) is 18.0 Å². The topological polar surface area (TPSA) is 84.0 Å². The number of ether oxygens (including phenoxy) is 2. The summed E-state index contributed by atoms with van der Waals surface area (Å²) in [6, 6.07) is 15.1. The van der Waals surface area contributed by atoms with Gasteiger partial charge in [0.25, 0.3) is 5.91 Å². The van der Waals surface area contributed by atoms with Gasteiger partial charge >= 0.3 is 0 Å². The van der Waals surface area contributed by atoms with Gasteiger partial charge in [0.15, 0.2) is 0 Å². The molecule has 2 aromatic rings. The van der Waals surface area contributed by atoms with E-state index < -0.39 is 0 Å². The Labute approximate surface area is 165 Å². The van der Waals surface area contributed by atoms with Crippen LogP contribution >= 0.6 is 0 Å². The molecule has 0 spiro atoms. The fourth-order valence-corrected chi connectivity index (χ4v) is 3.05. The van der Waals surface area contributed by atoms with Crippen molar-refractivity contribution in [1.82, 2.24) is 16.3 Å². The van der Waals surface area contributed by atoms with E-state index in [1.54, 1.807) is 6.21 Å². The molecule has 2 atom stereocenters. The largest absolute Gasteiger partial charge is 0.494 e. The Morgan fingerprint density at radius 2 is 1.96 bits per heavy atom. The molecule has 1 saturated heterocycles. The van der Waals surface area contributed by atoms with Crippen LogP contribution in [0.4, 0.5) is 0 Å². The molecular weight excluding hydrogens is 356 g/mol. The van der Waals surface area contributed by atoms with Crippen molar-refractivity contribution in [2.45, 2.75) is 32.4 Å². The van der Waals surface area contributed by atoms with Gasteiger partial charge in [0.05, 0.1) is 19.4 Å². The number of carbonyl (C=O) groups excluding carboxylic acids is 1. The Morgan fingerprint density at radius 3 is 2.79 bits per heavy atom. The summed E-state index contributed by atoms with van der Waals surface area (Å²) in [5, 5.41) is 4.07. The highest BCUT2D eigenvalue weighted by molar-refractivity contribution is 5.86. The van der Waals surface area contributed by atoms with Gasteiger partial charge in [-0.15, -0.1) is 0 Å². The molecule has 3 rings (SSSR count). The summed E-state index contributed by atoms with van der Waals surface area (Å²) in [5.41, 5.74) is 10.7. The molecule has 1 heterocycles. The zero-order valence-electron chi connectivity index (χ0n) is 16.1. The number of amides is 1. The normalized spacial score (nSPS) is 18.9. The van der Waals surface area contributed by atoms with Gasteiger partial charge in [0.1, 0.15) is 17.5 Å². The number of rotatable bonds is 8. The predicted molar refractivity (Wildman–Crippen MR) is 108 cm³/mol. The maximum absolute atomic E-state index is 12.4. The van der Waals surface area contributed by atoms with Crippen molar-refractivity contribution < 1.29 is 14.3 Å². The lowest BCUT2D eigenvalue weighted by atomic mass is 10.0. The Hall–Kier alpha value is -2.90. The number of para-hydroxylation sites is 1. The Kier molecular flexibility index (Phi) is 7.00. The maximum Gasteiger partial charge on any atom is 0.258 e. The van der Waals surface area contributed by atoms with E-state index in [1.165, 1.54) is 0 Å². The van der Waals surface area contributed by atoms with Crippen molar-refractivity contribution in [1.29, 1.82) is 0 Å². The van der Waals surface area contributed by atoms with Gasteiger partial charge in [-0.1, -0.05) is 24.3 Å². The lowest BCUT2D eigenvalue weighted by molar-refractivity contribution is -0.122. The van der Waals surface area contributed by atoms with Crippen LogP contribution in [-0.2, 0) is 4.79 Å². The third-order valence-corrected chi connectivity index (χ3v) is 4.39. The number of hydrazone groups is 1. The standard InChI is InChI=1S/C21H26N4O3/c1-3-27-17-10-7-9-15(12-17)18-13-19(24-23-18)21(26)25-22-14-16-8-5-6-11-20(16)28-4-2/h5-12,14,18-19,23-24H,3-4,13H2,1-2H3,(H,25,26)/b22-14+. The maximum atomic E-state index is 12.4. The van der Waals surface area contributed by atoms with Gasteiger partial charge in [0.2, 0.25) is 0 Å². The van der Waals surface area contributed by atoms with Crippen molar-refractivity contribution in [2.24, 2.45) is 5.10 Å². The van der Waals surface area contributed by atoms with Gasteiger partial charge in [-0.2, -0.15) is 5.10 Å². The van der Waals surface area contributed by atoms with Crippen molar-refractivity contribution in [3.63, 3.8) is 0 Å². The van der Waals surface area contributed by atoms with Crippen molar-refractivity contribution in [3.05, 3.63) is 59.7 Å². The van der Waals surface area contributed by atoms with Crippen molar-refractivity contribution >= 4 is 12.1 Å². The molecule has 1 fully saturated rings. The third kappa shape index (κ3) is 5.09. The number of hydrogen-bond acceptors (Lipinski definition) is 6. The second-order valence-electron chi connectivity index (χ2n) is 6.34. The first-order valence-corrected chi connectivity index (χ1v) is 9.49. The van der Waals surface area contributed by atoms with Crippen molar-refractivity contribution in [2.75, 3.05) is 13.2 Å². The average Bonchev–Trinajstić information content (AvgIpc) is 3.20. The third-order valence-electron chi connectivity index (χ3n) is 4.39. The van der Waals surface area contributed by atoms with Crippen LogP contribution in [0.1, 0.15) is 37.4 Å². The second kappa shape index (κ2) is 9.87. The Balaban J connectivity index is 1.56. The molecule has 148 valence electrons. The number of nitrogens with zero attached hydrogens (tertiary/aromatic N) is 1. The molecule has 2 aromatic carbocycles. The number of carbonyl (C=O) groups is 1. The smallest absolute Gasteiger partial charge is 0.258 e. The van der Waals surface area contributed by atoms with E-state index >= 15 is 0 Å². The molecule has 28 heavy (non-hydrogen) atoms. The van der Waals surface area contributed by atoms with Gasteiger partial charge in [0, 0.05) is 11.6 Å². The SMILES string of the molecule is CCOc1cccc(C2CC(C(=O)N/N=C/c3ccccc3OCC)NN2)c1. The van der Waals surface area contributed by atoms with Crippen LogP contribution in [-0.4, -0.2) is 31.4 Å². The van der Waals surface area contributed by atoms with E-state index in [2.05, 4.69) is 21.4 Å². The van der Waals surface area contributed by atoms with Crippen LogP contribution in [0.3, 0.4) is 0 Å². The fourth-order valence-electron chi connectivity index (χ4n) is 3.05. The minimum Gasteiger partial charge on any atom is -0.494 e. The number of hydrogen-bond donors (Lipinski definition) is 3. The fraction of sp³-hybridized carbons (Fsp3) is 0.333. The Morgan fingerprint density at radius 1 is 1.14 bits per heavy atom. The summed E-state index contributed by atoms with van der Waals surface area (Å²) < 4.78 is 11.1. The molecule has 1 amide bonds. The van der Waals surface area contributed by atoms with Gasteiger partial charge in [-0.05, 0) is 50.1 Å². The molecule has 1 aliphatic rings. The summed E-state index contributed by atoms with van der Waals surface area (Å²) in [7, 11) is 0. The van der Waals surface area contributed by atoms with Gasteiger partial charge in [-0.3, -0.25) is 4.79 Å². The molecule has 1 aliphatic heterocycles. The van der Waals surface area contributed by atoms with Gasteiger partial charge in [-0.25, -0.2) is 16.3 Å². The van der Waals surface area contributed by atoms with E-state index in [1.807, 2.05) is 62.4 Å². The monoisotopic (exact) mass is 382 g/mol. The lowest BCUT2D eigenvalue weighted by Crippen LogP contribution is -2.41. The molecular formula is C21H26N4O3. The summed E-state index contributed by atoms with van der Waals surface area (Å²) >= 11 is 0. The first-order chi connectivity index (χ1) is 13.7. The first kappa shape index (κ1) is 19.9. The van der Waals surface area contributed by atoms with Crippen LogP contribution in [0, 0.1) is 0 Å².